The van der Waals surface area contributed by atoms with Gasteiger partial charge in [0, 0.05) is 32.2 Å². The van der Waals surface area contributed by atoms with Crippen LogP contribution in [-0.2, 0) is 14.8 Å². The number of Topliss-reactive ketones (excluding diaryl/α,β-unsaturated/α-hetero) is 1. The van der Waals surface area contributed by atoms with Crippen molar-refractivity contribution in [3.05, 3.63) is 29.8 Å². The Labute approximate surface area is 120 Å². The number of hydrogen-bond acceptors (Lipinski definition) is 4. The quantitative estimate of drug-likeness (QED) is 0.559. The van der Waals surface area contributed by atoms with Crippen molar-refractivity contribution >= 4 is 15.8 Å². The van der Waals surface area contributed by atoms with E-state index >= 15 is 0 Å². The molecular weight excluding hydrogens is 278 g/mol. The van der Waals surface area contributed by atoms with E-state index in [1.54, 1.807) is 26.2 Å². The summed E-state index contributed by atoms with van der Waals surface area (Å²) >= 11 is 0. The molecule has 0 aliphatic heterocycles. The van der Waals surface area contributed by atoms with Crippen molar-refractivity contribution in [1.82, 2.24) is 4.72 Å². The molecule has 1 aromatic rings. The molecule has 6 heteroatoms. The number of nitrogens with one attached hydrogen (secondary N) is 1. The fourth-order valence-electron chi connectivity index (χ4n) is 1.70. The van der Waals surface area contributed by atoms with Crippen molar-refractivity contribution in [2.75, 3.05) is 20.3 Å². The van der Waals surface area contributed by atoms with Crippen molar-refractivity contribution in [3.63, 3.8) is 0 Å². The molecule has 20 heavy (non-hydrogen) atoms. The fourth-order valence-corrected chi connectivity index (χ4v) is 2.82. The Kier molecular flexibility index (Phi) is 6.84. The van der Waals surface area contributed by atoms with Gasteiger partial charge in [-0.05, 0) is 25.0 Å². The van der Waals surface area contributed by atoms with Gasteiger partial charge in [-0.3, -0.25) is 4.79 Å². The standard InChI is InChI=1S/C14H21NO4S/c1-3-14(16)12-7-6-8-13(11-12)20(17,18)15-9-4-5-10-19-2/h6-8,11,15H,3-5,9-10H2,1-2H3. The van der Waals surface area contributed by atoms with E-state index in [-0.39, 0.29) is 10.7 Å². The van der Waals surface area contributed by atoms with Crippen molar-refractivity contribution in [3.8, 4) is 0 Å². The number of unbranched alkanes of at least 4 members (excludes halogenated alkanes) is 1. The Balaban J connectivity index is 2.70. The second kappa shape index (κ2) is 8.14. The van der Waals surface area contributed by atoms with Crippen LogP contribution in [0.5, 0.6) is 0 Å². The Morgan fingerprint density at radius 1 is 1.30 bits per heavy atom. The number of sulfonamides is 1. The van der Waals surface area contributed by atoms with Gasteiger partial charge in [0.1, 0.15) is 0 Å². The summed E-state index contributed by atoms with van der Waals surface area (Å²) in [5, 5.41) is 0. The van der Waals surface area contributed by atoms with E-state index in [0.29, 0.717) is 31.6 Å². The molecule has 0 aliphatic carbocycles. The minimum absolute atomic E-state index is 0.0675. The molecule has 112 valence electrons. The Hall–Kier alpha value is -1.24. The van der Waals surface area contributed by atoms with E-state index < -0.39 is 10.0 Å². The third-order valence-electron chi connectivity index (χ3n) is 2.85. The summed E-state index contributed by atoms with van der Waals surface area (Å²) in [5.74, 6) is -0.0675. The van der Waals surface area contributed by atoms with E-state index in [9.17, 15) is 13.2 Å². The number of carbonyl (C=O) groups is 1. The van der Waals surface area contributed by atoms with Gasteiger partial charge in [0.15, 0.2) is 5.78 Å². The first-order valence-electron chi connectivity index (χ1n) is 6.63. The predicted octanol–water partition coefficient (Wildman–Crippen LogP) is 1.98. The molecule has 0 fully saturated rings. The zero-order valence-electron chi connectivity index (χ0n) is 11.9. The molecule has 1 N–H and O–H groups in total. The number of benzene rings is 1. The molecule has 0 bridgehead atoms. The highest BCUT2D eigenvalue weighted by atomic mass is 32.2. The largest absolute Gasteiger partial charge is 0.385 e. The molecule has 0 heterocycles. The second-order valence-electron chi connectivity index (χ2n) is 4.40. The Morgan fingerprint density at radius 2 is 2.05 bits per heavy atom. The smallest absolute Gasteiger partial charge is 0.240 e. The van der Waals surface area contributed by atoms with Crippen LogP contribution in [0.1, 0.15) is 36.5 Å². The summed E-state index contributed by atoms with van der Waals surface area (Å²) < 4.78 is 31.6. The van der Waals surface area contributed by atoms with Crippen LogP contribution in [-0.4, -0.2) is 34.5 Å². The molecule has 5 nitrogen and oxygen atoms in total. The molecular formula is C14H21NO4S. The van der Waals surface area contributed by atoms with Gasteiger partial charge >= 0.3 is 0 Å². The number of rotatable bonds is 9. The summed E-state index contributed by atoms with van der Waals surface area (Å²) in [7, 11) is -1.94. The number of hydrogen-bond donors (Lipinski definition) is 1. The normalized spacial score (nSPS) is 11.5. The van der Waals surface area contributed by atoms with Gasteiger partial charge in [0.25, 0.3) is 0 Å². The molecule has 0 saturated heterocycles. The fraction of sp³-hybridized carbons (Fsp3) is 0.500. The maximum absolute atomic E-state index is 12.1. The average molecular weight is 299 g/mol. The minimum Gasteiger partial charge on any atom is -0.385 e. The molecule has 1 aromatic carbocycles. The molecule has 0 unspecified atom stereocenters. The second-order valence-corrected chi connectivity index (χ2v) is 6.17. The minimum atomic E-state index is -3.55. The van der Waals surface area contributed by atoms with Crippen molar-refractivity contribution < 1.29 is 17.9 Å². The lowest BCUT2D eigenvalue weighted by Gasteiger charge is -2.08. The van der Waals surface area contributed by atoms with E-state index in [4.69, 9.17) is 4.74 Å². The maximum atomic E-state index is 12.1. The molecule has 0 saturated carbocycles. The number of ether oxygens (including phenoxy) is 1. The number of ketones is 1. The summed E-state index contributed by atoms with van der Waals surface area (Å²) in [6.45, 7) is 2.72. The van der Waals surface area contributed by atoms with E-state index in [2.05, 4.69) is 4.72 Å². The van der Waals surface area contributed by atoms with Crippen molar-refractivity contribution in [1.29, 1.82) is 0 Å². The molecule has 0 aromatic heterocycles. The summed E-state index contributed by atoms with van der Waals surface area (Å²) in [5.41, 5.74) is 0.426. The van der Waals surface area contributed by atoms with Gasteiger partial charge in [0.2, 0.25) is 10.0 Å². The Bertz CT molecular complexity index is 540. The van der Waals surface area contributed by atoms with Crippen LogP contribution in [0.15, 0.2) is 29.2 Å². The van der Waals surface area contributed by atoms with Crippen LogP contribution < -0.4 is 4.72 Å². The lowest BCUT2D eigenvalue weighted by molar-refractivity contribution is 0.0988. The number of carbonyl (C=O) groups excluding carboxylic acids is 1. The SMILES string of the molecule is CCC(=O)c1cccc(S(=O)(=O)NCCCCOC)c1. The van der Waals surface area contributed by atoms with Crippen LogP contribution in [0.25, 0.3) is 0 Å². The van der Waals surface area contributed by atoms with Crippen LogP contribution >= 0.6 is 0 Å². The van der Waals surface area contributed by atoms with Crippen molar-refractivity contribution in [2.24, 2.45) is 0 Å². The van der Waals surface area contributed by atoms with E-state index in [1.165, 1.54) is 12.1 Å². The Morgan fingerprint density at radius 3 is 2.70 bits per heavy atom. The zero-order valence-corrected chi connectivity index (χ0v) is 12.7. The third-order valence-corrected chi connectivity index (χ3v) is 4.31. The summed E-state index contributed by atoms with van der Waals surface area (Å²) in [6.07, 6.45) is 1.86. The van der Waals surface area contributed by atoms with Gasteiger partial charge in [-0.1, -0.05) is 19.1 Å². The van der Waals surface area contributed by atoms with Gasteiger partial charge in [-0.15, -0.1) is 0 Å². The van der Waals surface area contributed by atoms with Gasteiger partial charge < -0.3 is 4.74 Å². The highest BCUT2D eigenvalue weighted by molar-refractivity contribution is 7.89. The van der Waals surface area contributed by atoms with Crippen LogP contribution in [0, 0.1) is 0 Å². The van der Waals surface area contributed by atoms with Gasteiger partial charge in [-0.25, -0.2) is 13.1 Å². The first-order valence-corrected chi connectivity index (χ1v) is 8.11. The van der Waals surface area contributed by atoms with E-state index in [1.807, 2.05) is 0 Å². The monoisotopic (exact) mass is 299 g/mol. The van der Waals surface area contributed by atoms with Crippen LogP contribution in [0.4, 0.5) is 0 Å². The van der Waals surface area contributed by atoms with Gasteiger partial charge in [0.05, 0.1) is 4.90 Å². The molecule has 0 radical (unpaired) electrons. The summed E-state index contributed by atoms with van der Waals surface area (Å²) in [6, 6.07) is 6.12. The zero-order chi connectivity index (χ0) is 15.0. The lowest BCUT2D eigenvalue weighted by Crippen LogP contribution is -2.25. The highest BCUT2D eigenvalue weighted by Crippen LogP contribution is 2.13. The lowest BCUT2D eigenvalue weighted by atomic mass is 10.1. The first-order chi connectivity index (χ1) is 9.51. The maximum Gasteiger partial charge on any atom is 0.240 e. The number of methoxy groups -OCH3 is 1. The molecule has 0 atom stereocenters. The molecule has 0 amide bonds. The third kappa shape index (κ3) is 5.03. The van der Waals surface area contributed by atoms with Crippen LogP contribution in [0.3, 0.4) is 0 Å². The molecule has 0 aliphatic rings. The average Bonchev–Trinajstić information content (AvgIpc) is 2.46. The topological polar surface area (TPSA) is 72.5 Å². The molecule has 0 spiro atoms. The first kappa shape index (κ1) is 16.8. The summed E-state index contributed by atoms with van der Waals surface area (Å²) in [4.78, 5) is 11.7. The van der Waals surface area contributed by atoms with Crippen LogP contribution in [0.2, 0.25) is 0 Å². The predicted molar refractivity (Wildman–Crippen MR) is 77.4 cm³/mol. The molecule has 1 rings (SSSR count). The van der Waals surface area contributed by atoms with E-state index in [0.717, 1.165) is 6.42 Å². The van der Waals surface area contributed by atoms with Gasteiger partial charge in [-0.2, -0.15) is 0 Å². The highest BCUT2D eigenvalue weighted by Gasteiger charge is 2.15. The van der Waals surface area contributed by atoms with Crippen molar-refractivity contribution in [2.45, 2.75) is 31.1 Å².